The van der Waals surface area contributed by atoms with Crippen LogP contribution in [-0.2, 0) is 4.79 Å². The highest BCUT2D eigenvalue weighted by molar-refractivity contribution is 5.85. The molecular weight excluding hydrogens is 336 g/mol. The molecule has 1 aromatic heterocycles. The Morgan fingerprint density at radius 1 is 1.08 bits per heavy atom. The lowest BCUT2D eigenvalue weighted by Crippen LogP contribution is -2.34. The molecule has 2 aliphatic heterocycles. The number of fused-ring (bicyclic) bond motifs is 1. The number of hydrogen-bond acceptors (Lipinski definition) is 3. The fraction of sp³-hybridized carbons (Fsp3) is 0.750. The molecule has 3 heterocycles. The van der Waals surface area contributed by atoms with Gasteiger partial charge in [-0.25, -0.2) is 0 Å². The minimum absolute atomic E-state index is 0. The average molecular weight is 365 g/mol. The van der Waals surface area contributed by atoms with E-state index >= 15 is 0 Å². The van der Waals surface area contributed by atoms with E-state index in [0.717, 1.165) is 61.9 Å². The molecule has 5 rings (SSSR count). The summed E-state index contributed by atoms with van der Waals surface area (Å²) in [6.07, 6.45) is 4.58. The second-order valence-corrected chi connectivity index (χ2v) is 8.59. The van der Waals surface area contributed by atoms with Crippen molar-refractivity contribution in [2.75, 3.05) is 26.2 Å². The third kappa shape index (κ3) is 3.23. The monoisotopic (exact) mass is 364 g/mol. The molecule has 0 aromatic carbocycles. The molecule has 0 bridgehead atoms. The van der Waals surface area contributed by atoms with Crippen LogP contribution in [0.25, 0.3) is 0 Å². The van der Waals surface area contributed by atoms with Crippen LogP contribution in [0.3, 0.4) is 0 Å². The van der Waals surface area contributed by atoms with E-state index in [1.54, 1.807) is 0 Å². The van der Waals surface area contributed by atoms with Gasteiger partial charge < -0.3 is 14.6 Å². The highest BCUT2D eigenvalue weighted by atomic mass is 35.5. The summed E-state index contributed by atoms with van der Waals surface area (Å²) in [6.45, 7) is 6.48. The topological polar surface area (TPSA) is 45.5 Å². The quantitative estimate of drug-likeness (QED) is 0.894. The van der Waals surface area contributed by atoms with E-state index in [-0.39, 0.29) is 18.3 Å². The molecule has 4 fully saturated rings. The van der Waals surface area contributed by atoms with E-state index in [0.29, 0.717) is 17.7 Å². The van der Waals surface area contributed by atoms with E-state index in [2.05, 4.69) is 29.3 Å². The summed E-state index contributed by atoms with van der Waals surface area (Å²) in [5.41, 5.74) is 0. The van der Waals surface area contributed by atoms with Crippen molar-refractivity contribution in [2.45, 2.75) is 44.4 Å². The van der Waals surface area contributed by atoms with Crippen LogP contribution >= 0.6 is 12.4 Å². The molecule has 0 spiro atoms. The van der Waals surface area contributed by atoms with Crippen molar-refractivity contribution >= 4 is 18.3 Å². The fourth-order valence-electron chi connectivity index (χ4n) is 4.94. The second kappa shape index (κ2) is 6.62. The molecule has 4 nitrogen and oxygen atoms in total. The third-order valence-electron chi connectivity index (χ3n) is 6.93. The minimum Gasteiger partial charge on any atom is -0.465 e. The van der Waals surface area contributed by atoms with E-state index in [4.69, 9.17) is 4.42 Å². The highest BCUT2D eigenvalue weighted by Gasteiger charge is 2.48. The maximum Gasteiger partial charge on any atom is 0.226 e. The number of nitrogens with zero attached hydrogens (tertiary/aromatic N) is 1. The number of amides is 1. The first-order chi connectivity index (χ1) is 11.7. The van der Waals surface area contributed by atoms with Crippen LogP contribution < -0.4 is 5.32 Å². The van der Waals surface area contributed by atoms with E-state index in [1.165, 1.54) is 19.3 Å². The molecule has 138 valence electrons. The molecule has 1 N–H and O–H groups in total. The Balaban J connectivity index is 0.00000157. The predicted molar refractivity (Wildman–Crippen MR) is 99.0 cm³/mol. The van der Waals surface area contributed by atoms with Crippen LogP contribution in [0.2, 0.25) is 0 Å². The summed E-state index contributed by atoms with van der Waals surface area (Å²) in [7, 11) is 0. The smallest absolute Gasteiger partial charge is 0.226 e. The molecule has 2 saturated heterocycles. The standard InChI is InChI=1S/C20H28N2O2.ClH/c1-12-8-15(12)18-2-3-19(24-18)16-9-17(16)20(23)22-6-4-13-10-21-11-14(13)5-7-22;/h2-3,12-17,21H,4-11H2,1H3;1H/t12?,13-,14+,15?,16?,17?;. The second-order valence-electron chi connectivity index (χ2n) is 8.59. The van der Waals surface area contributed by atoms with Gasteiger partial charge in [-0.1, -0.05) is 6.92 Å². The van der Waals surface area contributed by atoms with Gasteiger partial charge in [-0.15, -0.1) is 12.4 Å². The van der Waals surface area contributed by atoms with Gasteiger partial charge in [0.25, 0.3) is 0 Å². The molecule has 0 radical (unpaired) electrons. The molecular formula is C20H29ClN2O2. The zero-order chi connectivity index (χ0) is 16.3. The number of likely N-dealkylation sites (tertiary alicyclic amines) is 1. The van der Waals surface area contributed by atoms with Crippen molar-refractivity contribution in [3.05, 3.63) is 23.7 Å². The van der Waals surface area contributed by atoms with Gasteiger partial charge in [-0.05, 0) is 68.7 Å². The van der Waals surface area contributed by atoms with Gasteiger partial charge >= 0.3 is 0 Å². The first-order valence-electron chi connectivity index (χ1n) is 9.80. The molecule has 6 atom stereocenters. The number of carbonyl (C=O) groups is 1. The summed E-state index contributed by atoms with van der Waals surface area (Å²) in [5, 5.41) is 3.50. The van der Waals surface area contributed by atoms with E-state index < -0.39 is 0 Å². The number of furan rings is 1. The summed E-state index contributed by atoms with van der Waals surface area (Å²) in [5.74, 6) is 6.06. The number of rotatable bonds is 3. The summed E-state index contributed by atoms with van der Waals surface area (Å²) >= 11 is 0. The van der Waals surface area contributed by atoms with Gasteiger partial charge in [0.05, 0.1) is 0 Å². The van der Waals surface area contributed by atoms with Crippen LogP contribution in [0.1, 0.15) is 56.0 Å². The third-order valence-corrected chi connectivity index (χ3v) is 6.93. The number of carbonyl (C=O) groups excluding carboxylic acids is 1. The lowest BCUT2D eigenvalue weighted by Gasteiger charge is -2.21. The summed E-state index contributed by atoms with van der Waals surface area (Å²) < 4.78 is 6.08. The summed E-state index contributed by atoms with van der Waals surface area (Å²) in [4.78, 5) is 15.0. The Morgan fingerprint density at radius 2 is 1.68 bits per heavy atom. The first kappa shape index (κ1) is 17.4. The molecule has 2 aliphatic carbocycles. The Bertz CT molecular complexity index is 631. The lowest BCUT2D eigenvalue weighted by molar-refractivity contribution is -0.132. The minimum atomic E-state index is 0. The van der Waals surface area contributed by atoms with Gasteiger partial charge in [0.2, 0.25) is 5.91 Å². The van der Waals surface area contributed by atoms with Crippen molar-refractivity contribution in [2.24, 2.45) is 23.7 Å². The lowest BCUT2D eigenvalue weighted by atomic mass is 9.92. The van der Waals surface area contributed by atoms with Crippen LogP contribution in [0.4, 0.5) is 0 Å². The van der Waals surface area contributed by atoms with Crippen molar-refractivity contribution in [3.63, 3.8) is 0 Å². The molecule has 4 aliphatic rings. The largest absolute Gasteiger partial charge is 0.465 e. The maximum absolute atomic E-state index is 12.9. The van der Waals surface area contributed by atoms with Gasteiger partial charge in [0.1, 0.15) is 11.5 Å². The molecule has 1 amide bonds. The maximum atomic E-state index is 12.9. The number of halogens is 1. The Hall–Kier alpha value is -1.00. The van der Waals surface area contributed by atoms with Crippen LogP contribution in [0.15, 0.2) is 16.5 Å². The van der Waals surface area contributed by atoms with Crippen molar-refractivity contribution in [1.29, 1.82) is 0 Å². The average Bonchev–Trinajstić information content (AvgIpc) is 3.45. The van der Waals surface area contributed by atoms with Crippen LogP contribution in [0, 0.1) is 23.7 Å². The van der Waals surface area contributed by atoms with Gasteiger partial charge in [-0.2, -0.15) is 0 Å². The number of nitrogens with one attached hydrogen (secondary N) is 1. The summed E-state index contributed by atoms with van der Waals surface area (Å²) in [6, 6.07) is 4.26. The molecule has 4 unspecified atom stereocenters. The molecule has 2 saturated carbocycles. The zero-order valence-electron chi connectivity index (χ0n) is 14.9. The predicted octanol–water partition coefficient (Wildman–Crippen LogP) is 3.39. The first-order valence-corrected chi connectivity index (χ1v) is 9.80. The Labute approximate surface area is 156 Å². The van der Waals surface area contributed by atoms with E-state index in [9.17, 15) is 4.79 Å². The van der Waals surface area contributed by atoms with Gasteiger partial charge in [-0.3, -0.25) is 4.79 Å². The normalized spacial score (nSPS) is 39.3. The highest BCUT2D eigenvalue weighted by Crippen LogP contribution is 2.52. The molecule has 5 heteroatoms. The number of hydrogen-bond donors (Lipinski definition) is 1. The van der Waals surface area contributed by atoms with Crippen molar-refractivity contribution in [1.82, 2.24) is 10.2 Å². The molecule has 1 aromatic rings. The van der Waals surface area contributed by atoms with Gasteiger partial charge in [0.15, 0.2) is 0 Å². The molecule has 25 heavy (non-hydrogen) atoms. The van der Waals surface area contributed by atoms with Crippen LogP contribution in [0.5, 0.6) is 0 Å². The van der Waals surface area contributed by atoms with Crippen LogP contribution in [-0.4, -0.2) is 37.0 Å². The Kier molecular flexibility index (Phi) is 4.61. The van der Waals surface area contributed by atoms with E-state index in [1.807, 2.05) is 0 Å². The fourth-order valence-corrected chi connectivity index (χ4v) is 4.94. The van der Waals surface area contributed by atoms with Crippen molar-refractivity contribution < 1.29 is 9.21 Å². The Morgan fingerprint density at radius 3 is 2.28 bits per heavy atom. The zero-order valence-corrected chi connectivity index (χ0v) is 15.8. The van der Waals surface area contributed by atoms with Gasteiger partial charge in [0, 0.05) is 30.8 Å². The SMILES string of the molecule is CC1CC1c1ccc(C2CC2C(=O)N2CC[C@@H]3CNC[C@@H]3CC2)o1.Cl. The van der Waals surface area contributed by atoms with Crippen molar-refractivity contribution in [3.8, 4) is 0 Å².